The van der Waals surface area contributed by atoms with Gasteiger partial charge in [-0.3, -0.25) is 19.1 Å². The Hall–Kier alpha value is -4.35. The fourth-order valence-electron chi connectivity index (χ4n) is 8.42. The molecule has 4 fully saturated rings. The van der Waals surface area contributed by atoms with Gasteiger partial charge in [-0.05, 0) is 76.3 Å². The Morgan fingerprint density at radius 2 is 1.79 bits per heavy atom. The van der Waals surface area contributed by atoms with E-state index in [0.29, 0.717) is 48.2 Å². The number of alkyl halides is 2. The largest absolute Gasteiger partial charge is 0.497 e. The van der Waals surface area contributed by atoms with Gasteiger partial charge in [0.05, 0.1) is 35.4 Å². The van der Waals surface area contributed by atoms with E-state index >= 15 is 0 Å². The minimum absolute atomic E-state index is 0.148. The van der Waals surface area contributed by atoms with Crippen molar-refractivity contribution < 1.29 is 50.6 Å². The van der Waals surface area contributed by atoms with Crippen LogP contribution in [0.5, 0.6) is 11.6 Å². The summed E-state index contributed by atoms with van der Waals surface area (Å²) >= 11 is 0. The van der Waals surface area contributed by atoms with E-state index in [4.69, 9.17) is 24.2 Å². The lowest BCUT2D eigenvalue weighted by Crippen LogP contribution is -2.61. The number of benzene rings is 1. The molecule has 3 heterocycles. The molecular formula is C40H54F2N6O9S. The number of alkyl carbamates (subject to hydrolysis) is 1. The second-order valence-corrected chi connectivity index (χ2v) is 20.6. The summed E-state index contributed by atoms with van der Waals surface area (Å²) in [7, 11) is -2.71. The van der Waals surface area contributed by atoms with Crippen molar-refractivity contribution in [3.63, 3.8) is 0 Å². The van der Waals surface area contributed by atoms with Gasteiger partial charge in [0.1, 0.15) is 40.8 Å². The molecular weight excluding hydrogens is 779 g/mol. The number of sulfonamides is 1. The van der Waals surface area contributed by atoms with Crippen LogP contribution in [0.25, 0.3) is 11.0 Å². The first-order chi connectivity index (χ1) is 27.1. The average Bonchev–Trinajstić information content (AvgIpc) is 4.09. The molecule has 2 aliphatic heterocycles. The van der Waals surface area contributed by atoms with Gasteiger partial charge in [0, 0.05) is 17.9 Å². The van der Waals surface area contributed by atoms with Gasteiger partial charge < -0.3 is 29.7 Å². The summed E-state index contributed by atoms with van der Waals surface area (Å²) < 4.78 is 73.4. The van der Waals surface area contributed by atoms with Crippen LogP contribution in [0.1, 0.15) is 98.6 Å². The maximum atomic E-state index is 14.8. The first-order valence-electron chi connectivity index (χ1n) is 20.1. The first-order valence-corrected chi connectivity index (χ1v) is 21.6. The van der Waals surface area contributed by atoms with E-state index in [9.17, 15) is 36.4 Å². The highest BCUT2D eigenvalue weighted by molar-refractivity contribution is 7.91. The number of aromatic nitrogens is 2. The number of carbonyl (C=O) groups excluding carboxylic acids is 4. The molecule has 0 spiro atoms. The zero-order valence-corrected chi connectivity index (χ0v) is 34.8. The van der Waals surface area contributed by atoms with E-state index in [2.05, 4.69) is 10.6 Å². The molecule has 1 aromatic carbocycles. The number of aryl methyl sites for hydroxylation is 1. The highest BCUT2D eigenvalue weighted by atomic mass is 32.2. The molecule has 7 rings (SSSR count). The lowest BCUT2D eigenvalue weighted by Gasteiger charge is -2.36. The Balaban J connectivity index is 1.26. The molecule has 18 heteroatoms. The van der Waals surface area contributed by atoms with E-state index in [-0.39, 0.29) is 18.3 Å². The van der Waals surface area contributed by atoms with Crippen LogP contribution in [-0.2, 0) is 35.6 Å². The smallest absolute Gasteiger partial charge is 0.408 e. The van der Waals surface area contributed by atoms with Crippen molar-refractivity contribution in [1.82, 2.24) is 30.2 Å². The standard InChI is InChI=1S/C40H54F2N6O9S/c1-21-28-20-48(29(21)32(49)46-40(19-24(40)31(41)42)35(51)47-58(53,54)38(5)15-16-38)34(50)30(37(2,3)4)45-36(52)57-39(6)18-22(39)11-9-8-10-12-26-33(56-28)44-27-17-23(55-7)13-14-25(27)43-26/h13-14,17,21-22,24,28-31H,8-12,15-16,18-20H2,1-7H3,(H,45,52)(H,46,49)(H,47,51)/t21-,22+,24+,28+,29+,30-,39-,40-/m1/s1. The highest BCUT2D eigenvalue weighted by Crippen LogP contribution is 2.51. The number of carbonyl (C=O) groups is 4. The third kappa shape index (κ3) is 7.88. The molecule has 3 aliphatic carbocycles. The number of methoxy groups -OCH3 is 1. The summed E-state index contributed by atoms with van der Waals surface area (Å²) in [4.78, 5) is 67.4. The van der Waals surface area contributed by atoms with Crippen LogP contribution in [0.4, 0.5) is 13.6 Å². The van der Waals surface area contributed by atoms with E-state index in [1.165, 1.54) is 18.9 Å². The van der Waals surface area contributed by atoms with Crippen molar-refractivity contribution >= 4 is 44.9 Å². The Morgan fingerprint density at radius 3 is 2.43 bits per heavy atom. The summed E-state index contributed by atoms with van der Waals surface area (Å²) in [5.74, 6) is -4.49. The number of amides is 4. The minimum atomic E-state index is -4.24. The number of hydrogen-bond donors (Lipinski definition) is 3. The van der Waals surface area contributed by atoms with Crippen LogP contribution in [0, 0.1) is 23.2 Å². The summed E-state index contributed by atoms with van der Waals surface area (Å²) in [5.41, 5.74) is -2.17. The van der Waals surface area contributed by atoms with E-state index in [1.807, 2.05) is 11.6 Å². The lowest BCUT2D eigenvalue weighted by atomic mass is 9.85. The molecule has 1 saturated heterocycles. The average molecular weight is 833 g/mol. The van der Waals surface area contributed by atoms with Crippen LogP contribution < -0.4 is 24.8 Å². The van der Waals surface area contributed by atoms with Crippen molar-refractivity contribution in [3.05, 3.63) is 23.9 Å². The lowest BCUT2D eigenvalue weighted by molar-refractivity contribution is -0.143. The van der Waals surface area contributed by atoms with Gasteiger partial charge in [0.25, 0.3) is 5.91 Å². The Kier molecular flexibility index (Phi) is 10.6. The van der Waals surface area contributed by atoms with Gasteiger partial charge in [0.15, 0.2) is 0 Å². The quantitative estimate of drug-likeness (QED) is 0.358. The number of hydrogen-bond acceptors (Lipinski definition) is 11. The zero-order chi connectivity index (χ0) is 42.2. The molecule has 15 nitrogen and oxygen atoms in total. The van der Waals surface area contributed by atoms with Gasteiger partial charge in [-0.15, -0.1) is 0 Å². The Bertz CT molecular complexity index is 2110. The molecule has 58 heavy (non-hydrogen) atoms. The second kappa shape index (κ2) is 14.7. The molecule has 8 atom stereocenters. The predicted molar refractivity (Wildman–Crippen MR) is 206 cm³/mol. The number of halogens is 2. The summed E-state index contributed by atoms with van der Waals surface area (Å²) in [6, 6.07) is 2.67. The summed E-state index contributed by atoms with van der Waals surface area (Å²) in [6.07, 6.45) is -0.133. The van der Waals surface area contributed by atoms with Gasteiger partial charge in [-0.2, -0.15) is 0 Å². The van der Waals surface area contributed by atoms with Crippen LogP contribution in [0.15, 0.2) is 18.2 Å². The molecule has 2 aromatic rings. The van der Waals surface area contributed by atoms with Crippen LogP contribution in [0.2, 0.25) is 0 Å². The maximum Gasteiger partial charge on any atom is 0.408 e. The third-order valence-electron chi connectivity index (χ3n) is 12.9. The molecule has 1 aromatic heterocycles. The van der Waals surface area contributed by atoms with Crippen molar-refractivity contribution in [3.8, 4) is 11.6 Å². The van der Waals surface area contributed by atoms with Crippen LogP contribution >= 0.6 is 0 Å². The normalized spacial score (nSPS) is 32.3. The maximum absolute atomic E-state index is 14.8. The second-order valence-electron chi connectivity index (χ2n) is 18.4. The molecule has 3 saturated carbocycles. The van der Waals surface area contributed by atoms with Gasteiger partial charge >= 0.3 is 6.09 Å². The molecule has 0 radical (unpaired) electrons. The number of ether oxygens (including phenoxy) is 3. The van der Waals surface area contributed by atoms with E-state index in [0.717, 1.165) is 25.7 Å². The SMILES string of the molecule is COc1ccc2nc3c(nc2c1)O[C@H]1CN(C(=O)[C@H](C(C)(C)C)NC(=O)O[C@]2(C)C[C@@H]2CCCCC3)[C@H](C(=O)N[C@]2(C(=O)NS(=O)(=O)C3(C)CC3)C[C@H]2C(F)F)[C@@H]1C. The predicted octanol–water partition coefficient (Wildman–Crippen LogP) is 4.41. The fraction of sp³-hybridized carbons (Fsp3) is 0.700. The van der Waals surface area contributed by atoms with Crippen molar-refractivity contribution in [1.29, 1.82) is 0 Å². The molecule has 4 amide bonds. The van der Waals surface area contributed by atoms with Gasteiger partial charge in [0.2, 0.25) is 34.1 Å². The monoisotopic (exact) mass is 832 g/mol. The van der Waals surface area contributed by atoms with Crippen molar-refractivity contribution in [2.45, 2.75) is 140 Å². The first kappa shape index (κ1) is 41.8. The number of rotatable bonds is 7. The van der Waals surface area contributed by atoms with Crippen LogP contribution in [0.3, 0.4) is 0 Å². The summed E-state index contributed by atoms with van der Waals surface area (Å²) in [5, 5.41) is 5.24. The third-order valence-corrected chi connectivity index (χ3v) is 15.1. The molecule has 318 valence electrons. The number of nitrogens with zero attached hydrogens (tertiary/aromatic N) is 3. The van der Waals surface area contributed by atoms with E-state index < -0.39 is 98.0 Å². The molecule has 2 bridgehead atoms. The van der Waals surface area contributed by atoms with Crippen molar-refractivity contribution in [2.75, 3.05) is 13.7 Å². The zero-order valence-electron chi connectivity index (χ0n) is 34.0. The highest BCUT2D eigenvalue weighted by Gasteiger charge is 2.68. The van der Waals surface area contributed by atoms with Gasteiger partial charge in [-0.25, -0.2) is 32.0 Å². The Morgan fingerprint density at radius 1 is 1.07 bits per heavy atom. The van der Waals surface area contributed by atoms with Crippen molar-refractivity contribution in [2.24, 2.45) is 23.2 Å². The number of fused-ring (bicyclic) bond motifs is 5. The summed E-state index contributed by atoms with van der Waals surface area (Å²) in [6.45, 7) is 10.0. The fourth-order valence-corrected chi connectivity index (χ4v) is 9.73. The van der Waals surface area contributed by atoms with Gasteiger partial charge in [-0.1, -0.05) is 40.5 Å². The van der Waals surface area contributed by atoms with E-state index in [1.54, 1.807) is 45.9 Å². The van der Waals surface area contributed by atoms with Crippen LogP contribution in [-0.4, -0.2) is 101 Å². The molecule has 3 N–H and O–H groups in total. The molecule has 5 aliphatic rings. The topological polar surface area (TPSA) is 195 Å². The number of nitrogens with one attached hydrogen (secondary N) is 3. The minimum Gasteiger partial charge on any atom is -0.497 e. The molecule has 0 unspecified atom stereocenters. The Labute approximate surface area is 337 Å².